The maximum atomic E-state index is 11.5. The highest BCUT2D eigenvalue weighted by Crippen LogP contribution is 2.32. The predicted molar refractivity (Wildman–Crippen MR) is 66.4 cm³/mol. The van der Waals surface area contributed by atoms with E-state index in [1.54, 1.807) is 25.9 Å². The average molecular weight is 234 g/mol. The van der Waals surface area contributed by atoms with Gasteiger partial charge >= 0.3 is 0 Å². The number of benzene rings is 1. The van der Waals surface area contributed by atoms with Crippen LogP contribution in [0.3, 0.4) is 0 Å². The first-order valence-corrected chi connectivity index (χ1v) is 5.77. The highest BCUT2D eigenvalue weighted by atomic mass is 16.3. The Morgan fingerprint density at radius 3 is 2.47 bits per heavy atom. The van der Waals surface area contributed by atoms with Gasteiger partial charge in [0, 0.05) is 25.6 Å². The Morgan fingerprint density at radius 1 is 1.29 bits per heavy atom. The molecule has 4 nitrogen and oxygen atoms in total. The van der Waals surface area contributed by atoms with Crippen LogP contribution in [0.5, 0.6) is 0 Å². The Kier molecular flexibility index (Phi) is 2.83. The average Bonchev–Trinajstić information content (AvgIpc) is 2.59. The number of amides is 1. The van der Waals surface area contributed by atoms with E-state index in [1.807, 2.05) is 29.3 Å². The zero-order valence-electron chi connectivity index (χ0n) is 10.5. The number of hydrogen-bond donors (Lipinski definition) is 1. The van der Waals surface area contributed by atoms with Gasteiger partial charge < -0.3 is 5.11 Å². The van der Waals surface area contributed by atoms with Gasteiger partial charge in [0.2, 0.25) is 5.91 Å². The summed E-state index contributed by atoms with van der Waals surface area (Å²) >= 11 is 0. The number of aliphatic hydroxyl groups is 1. The molecule has 1 aromatic rings. The maximum absolute atomic E-state index is 11.5. The molecule has 0 bridgehead atoms. The normalized spacial score (nSPS) is 16.8. The van der Waals surface area contributed by atoms with Crippen LogP contribution >= 0.6 is 0 Å². The van der Waals surface area contributed by atoms with Gasteiger partial charge in [-0.05, 0) is 19.9 Å². The summed E-state index contributed by atoms with van der Waals surface area (Å²) in [5, 5.41) is 13.7. The number of carbonyl (C=O) groups is 1. The number of hydrogen-bond acceptors (Lipinski definition) is 3. The van der Waals surface area contributed by atoms with Gasteiger partial charge in [0.05, 0.1) is 11.3 Å². The second-order valence-electron chi connectivity index (χ2n) is 4.87. The molecule has 0 saturated carbocycles. The molecule has 4 heteroatoms. The number of para-hydroxylation sites is 1. The molecule has 1 saturated heterocycles. The molecular formula is C13H18N2O2. The lowest BCUT2D eigenvalue weighted by Crippen LogP contribution is -2.37. The van der Waals surface area contributed by atoms with E-state index >= 15 is 0 Å². The van der Waals surface area contributed by atoms with Gasteiger partial charge in [-0.2, -0.15) is 0 Å². The predicted octanol–water partition coefficient (Wildman–Crippen LogP) is 1.50. The molecule has 0 aromatic heterocycles. The van der Waals surface area contributed by atoms with Crippen molar-refractivity contribution in [2.24, 2.45) is 0 Å². The molecule has 1 aliphatic rings. The number of hydrazine groups is 1. The monoisotopic (exact) mass is 234 g/mol. The maximum Gasteiger partial charge on any atom is 0.242 e. The van der Waals surface area contributed by atoms with E-state index < -0.39 is 5.60 Å². The number of anilines is 1. The summed E-state index contributed by atoms with van der Waals surface area (Å²) in [5.41, 5.74) is 0.818. The van der Waals surface area contributed by atoms with Crippen molar-refractivity contribution in [3.05, 3.63) is 29.8 Å². The third kappa shape index (κ3) is 2.13. The molecule has 1 heterocycles. The second kappa shape index (κ2) is 4.04. The topological polar surface area (TPSA) is 43.8 Å². The second-order valence-corrected chi connectivity index (χ2v) is 4.87. The van der Waals surface area contributed by atoms with Crippen molar-refractivity contribution in [3.8, 4) is 0 Å². The lowest BCUT2D eigenvalue weighted by Gasteiger charge is -2.31. The van der Waals surface area contributed by atoms with E-state index in [-0.39, 0.29) is 5.91 Å². The number of nitrogens with zero attached hydrogens (tertiary/aromatic N) is 2. The Hall–Kier alpha value is -1.55. The summed E-state index contributed by atoms with van der Waals surface area (Å²) in [5.74, 6) is 0.107. The van der Waals surface area contributed by atoms with E-state index in [2.05, 4.69) is 0 Å². The van der Waals surface area contributed by atoms with Crippen LogP contribution in [0.4, 0.5) is 5.69 Å². The van der Waals surface area contributed by atoms with E-state index in [1.165, 1.54) is 0 Å². The van der Waals surface area contributed by atoms with Gasteiger partial charge in [0.25, 0.3) is 0 Å². The molecule has 1 amide bonds. The largest absolute Gasteiger partial charge is 0.386 e. The smallest absolute Gasteiger partial charge is 0.242 e. The van der Waals surface area contributed by atoms with Crippen molar-refractivity contribution in [3.63, 3.8) is 0 Å². The first-order chi connectivity index (χ1) is 7.91. The Balaban J connectivity index is 2.43. The van der Waals surface area contributed by atoms with E-state index in [4.69, 9.17) is 0 Å². The SMILES string of the molecule is CN1C(=O)CCN1c1ccccc1C(C)(C)O. The molecule has 17 heavy (non-hydrogen) atoms. The fraction of sp³-hybridized carbons (Fsp3) is 0.462. The molecule has 0 radical (unpaired) electrons. The summed E-state index contributed by atoms with van der Waals surface area (Å²) in [6, 6.07) is 7.64. The molecule has 0 atom stereocenters. The molecule has 0 unspecified atom stereocenters. The van der Waals surface area contributed by atoms with Crippen LogP contribution in [0.25, 0.3) is 0 Å². The van der Waals surface area contributed by atoms with Crippen LogP contribution in [0.15, 0.2) is 24.3 Å². The van der Waals surface area contributed by atoms with E-state index in [0.717, 1.165) is 11.3 Å². The van der Waals surface area contributed by atoms with E-state index in [0.29, 0.717) is 13.0 Å². The third-order valence-corrected chi connectivity index (χ3v) is 3.10. The van der Waals surface area contributed by atoms with Crippen LogP contribution in [0.2, 0.25) is 0 Å². The Labute approximate surface area is 101 Å². The first kappa shape index (κ1) is 11.9. The molecule has 1 fully saturated rings. The van der Waals surface area contributed by atoms with Gasteiger partial charge in [-0.25, -0.2) is 0 Å². The zero-order valence-corrected chi connectivity index (χ0v) is 10.5. The molecule has 2 rings (SSSR count). The Bertz CT molecular complexity index is 437. The van der Waals surface area contributed by atoms with E-state index in [9.17, 15) is 9.90 Å². The lowest BCUT2D eigenvalue weighted by atomic mass is 9.96. The van der Waals surface area contributed by atoms with Crippen LogP contribution in [0, 0.1) is 0 Å². The number of rotatable bonds is 2. The molecule has 1 aliphatic heterocycles. The van der Waals surface area contributed by atoms with Crippen LogP contribution < -0.4 is 5.01 Å². The summed E-state index contributed by atoms with van der Waals surface area (Å²) in [6.45, 7) is 4.18. The standard InChI is InChI=1S/C13H18N2O2/c1-13(2,17)10-6-4-5-7-11(10)15-9-8-12(16)14(15)3/h4-7,17H,8-9H2,1-3H3. The molecule has 92 valence electrons. The highest BCUT2D eigenvalue weighted by molar-refractivity contribution is 5.82. The van der Waals surface area contributed by atoms with Crippen molar-refractivity contribution in [1.82, 2.24) is 5.01 Å². The van der Waals surface area contributed by atoms with Crippen molar-refractivity contribution < 1.29 is 9.90 Å². The first-order valence-electron chi connectivity index (χ1n) is 5.77. The van der Waals surface area contributed by atoms with Gasteiger partial charge in [-0.3, -0.25) is 14.8 Å². The summed E-state index contributed by atoms with van der Waals surface area (Å²) in [7, 11) is 1.76. The summed E-state index contributed by atoms with van der Waals surface area (Å²) in [4.78, 5) is 11.5. The summed E-state index contributed by atoms with van der Waals surface area (Å²) < 4.78 is 0. The zero-order chi connectivity index (χ0) is 12.6. The highest BCUT2D eigenvalue weighted by Gasteiger charge is 2.30. The fourth-order valence-electron chi connectivity index (χ4n) is 2.15. The molecule has 1 N–H and O–H groups in total. The lowest BCUT2D eigenvalue weighted by molar-refractivity contribution is -0.126. The van der Waals surface area contributed by atoms with Crippen molar-refractivity contribution >= 4 is 11.6 Å². The Morgan fingerprint density at radius 2 is 1.94 bits per heavy atom. The quantitative estimate of drug-likeness (QED) is 0.843. The van der Waals surface area contributed by atoms with Gasteiger partial charge in [0.1, 0.15) is 0 Å². The fourth-order valence-corrected chi connectivity index (χ4v) is 2.15. The van der Waals surface area contributed by atoms with Crippen molar-refractivity contribution in [1.29, 1.82) is 0 Å². The van der Waals surface area contributed by atoms with Gasteiger partial charge in [-0.15, -0.1) is 0 Å². The molecule has 0 aliphatic carbocycles. The third-order valence-electron chi connectivity index (χ3n) is 3.10. The van der Waals surface area contributed by atoms with Crippen molar-refractivity contribution in [2.45, 2.75) is 25.9 Å². The summed E-state index contributed by atoms with van der Waals surface area (Å²) in [6.07, 6.45) is 0.524. The molecular weight excluding hydrogens is 216 g/mol. The van der Waals surface area contributed by atoms with Crippen molar-refractivity contribution in [2.75, 3.05) is 18.6 Å². The van der Waals surface area contributed by atoms with Gasteiger partial charge in [0.15, 0.2) is 0 Å². The van der Waals surface area contributed by atoms with Gasteiger partial charge in [-0.1, -0.05) is 18.2 Å². The molecule has 1 aromatic carbocycles. The van der Waals surface area contributed by atoms with Crippen LogP contribution in [-0.2, 0) is 10.4 Å². The minimum Gasteiger partial charge on any atom is -0.386 e. The molecule has 0 spiro atoms. The minimum absolute atomic E-state index is 0.107. The number of carbonyl (C=O) groups excluding carboxylic acids is 1. The van der Waals surface area contributed by atoms with Crippen LogP contribution in [-0.4, -0.2) is 29.6 Å². The van der Waals surface area contributed by atoms with Crippen LogP contribution in [0.1, 0.15) is 25.8 Å². The minimum atomic E-state index is -0.914.